The minimum absolute atomic E-state index is 0.337. The van der Waals surface area contributed by atoms with E-state index >= 15 is 0 Å². The third-order valence-electron chi connectivity index (χ3n) is 3.40. The van der Waals surface area contributed by atoms with E-state index in [0.29, 0.717) is 31.7 Å². The van der Waals surface area contributed by atoms with E-state index in [9.17, 15) is 4.79 Å². The third kappa shape index (κ3) is 3.08. The standard InChI is InChI=1S/C14H17N5O2/c1-11-6-12(8-19-9-13(10-20)16-17-19)14(15-7-11)18-2-4-21-5-3-18/h6-7,9-10H,2-5,8H2,1H3. The van der Waals surface area contributed by atoms with E-state index in [1.807, 2.05) is 13.1 Å². The Morgan fingerprint density at radius 1 is 1.38 bits per heavy atom. The van der Waals surface area contributed by atoms with Gasteiger partial charge in [-0.1, -0.05) is 5.21 Å². The predicted octanol–water partition coefficient (Wildman–Crippen LogP) is 0.679. The molecule has 0 aliphatic carbocycles. The summed E-state index contributed by atoms with van der Waals surface area (Å²) in [6.07, 6.45) is 4.20. The van der Waals surface area contributed by atoms with Crippen LogP contribution in [-0.2, 0) is 11.3 Å². The number of anilines is 1. The lowest BCUT2D eigenvalue weighted by Crippen LogP contribution is -2.37. The van der Waals surface area contributed by atoms with Crippen molar-refractivity contribution in [2.24, 2.45) is 0 Å². The molecule has 1 fully saturated rings. The van der Waals surface area contributed by atoms with E-state index in [1.54, 1.807) is 10.9 Å². The second-order valence-electron chi connectivity index (χ2n) is 5.05. The Morgan fingerprint density at radius 3 is 2.90 bits per heavy atom. The number of pyridine rings is 1. The quantitative estimate of drug-likeness (QED) is 0.770. The average Bonchev–Trinajstić information content (AvgIpc) is 2.96. The number of carbonyl (C=O) groups is 1. The molecule has 0 amide bonds. The molecule has 110 valence electrons. The molecule has 2 aromatic rings. The summed E-state index contributed by atoms with van der Waals surface area (Å²) >= 11 is 0. The Hall–Kier alpha value is -2.28. The Labute approximate surface area is 122 Å². The molecule has 2 aromatic heterocycles. The van der Waals surface area contributed by atoms with Gasteiger partial charge in [-0.3, -0.25) is 4.79 Å². The highest BCUT2D eigenvalue weighted by Gasteiger charge is 2.17. The first kappa shape index (κ1) is 13.7. The smallest absolute Gasteiger partial charge is 0.171 e. The molecular formula is C14H17N5O2. The van der Waals surface area contributed by atoms with Gasteiger partial charge in [0.1, 0.15) is 11.5 Å². The molecule has 0 bridgehead atoms. The van der Waals surface area contributed by atoms with Crippen molar-refractivity contribution in [2.75, 3.05) is 31.2 Å². The first-order valence-electron chi connectivity index (χ1n) is 6.90. The zero-order valence-corrected chi connectivity index (χ0v) is 11.9. The molecule has 0 unspecified atom stereocenters. The van der Waals surface area contributed by atoms with Crippen LogP contribution in [-0.4, -0.2) is 52.6 Å². The zero-order chi connectivity index (χ0) is 14.7. The topological polar surface area (TPSA) is 73.1 Å². The van der Waals surface area contributed by atoms with Crippen LogP contribution in [0.3, 0.4) is 0 Å². The number of aryl methyl sites for hydroxylation is 1. The van der Waals surface area contributed by atoms with Gasteiger partial charge in [0, 0.05) is 24.8 Å². The second kappa shape index (κ2) is 6.01. The average molecular weight is 287 g/mol. The van der Waals surface area contributed by atoms with Crippen molar-refractivity contribution in [3.05, 3.63) is 35.3 Å². The van der Waals surface area contributed by atoms with Gasteiger partial charge in [0.05, 0.1) is 26.0 Å². The maximum Gasteiger partial charge on any atom is 0.171 e. The Bertz CT molecular complexity index is 634. The molecule has 0 saturated carbocycles. The first-order valence-corrected chi connectivity index (χ1v) is 6.90. The van der Waals surface area contributed by atoms with Crippen molar-refractivity contribution in [1.29, 1.82) is 0 Å². The fourth-order valence-corrected chi connectivity index (χ4v) is 2.42. The number of hydrogen-bond acceptors (Lipinski definition) is 6. The highest BCUT2D eigenvalue weighted by atomic mass is 16.5. The number of carbonyl (C=O) groups excluding carboxylic acids is 1. The Balaban J connectivity index is 1.88. The highest BCUT2D eigenvalue weighted by Crippen LogP contribution is 2.20. The van der Waals surface area contributed by atoms with Crippen LogP contribution in [0.15, 0.2) is 18.5 Å². The normalized spacial score (nSPS) is 15.2. The van der Waals surface area contributed by atoms with Crippen LogP contribution in [0.5, 0.6) is 0 Å². The van der Waals surface area contributed by atoms with Crippen molar-refractivity contribution in [3.8, 4) is 0 Å². The minimum atomic E-state index is 0.337. The number of ether oxygens (including phenoxy) is 1. The van der Waals surface area contributed by atoms with Crippen molar-refractivity contribution in [3.63, 3.8) is 0 Å². The van der Waals surface area contributed by atoms with E-state index in [-0.39, 0.29) is 0 Å². The number of aromatic nitrogens is 4. The molecule has 0 atom stereocenters. The van der Waals surface area contributed by atoms with Gasteiger partial charge < -0.3 is 9.64 Å². The fourth-order valence-electron chi connectivity index (χ4n) is 2.42. The summed E-state index contributed by atoms with van der Waals surface area (Å²) in [5, 5.41) is 7.75. The lowest BCUT2D eigenvalue weighted by Gasteiger charge is -2.29. The van der Waals surface area contributed by atoms with Gasteiger partial charge >= 0.3 is 0 Å². The van der Waals surface area contributed by atoms with Crippen molar-refractivity contribution >= 4 is 12.1 Å². The monoisotopic (exact) mass is 287 g/mol. The van der Waals surface area contributed by atoms with Crippen LogP contribution < -0.4 is 4.90 Å². The number of rotatable bonds is 4. The van der Waals surface area contributed by atoms with Crippen LogP contribution >= 0.6 is 0 Å². The molecule has 7 nitrogen and oxygen atoms in total. The molecule has 0 spiro atoms. The number of aldehydes is 1. The first-order chi connectivity index (χ1) is 10.3. The molecule has 1 saturated heterocycles. The number of nitrogens with zero attached hydrogens (tertiary/aromatic N) is 5. The van der Waals surface area contributed by atoms with Crippen molar-refractivity contribution in [2.45, 2.75) is 13.5 Å². The molecule has 0 N–H and O–H groups in total. The van der Waals surface area contributed by atoms with E-state index < -0.39 is 0 Å². The van der Waals surface area contributed by atoms with Gasteiger partial charge in [0.15, 0.2) is 6.29 Å². The van der Waals surface area contributed by atoms with Crippen LogP contribution in [0, 0.1) is 6.92 Å². The summed E-state index contributed by atoms with van der Waals surface area (Å²) in [6.45, 7) is 5.65. The third-order valence-corrected chi connectivity index (χ3v) is 3.40. The van der Waals surface area contributed by atoms with E-state index in [0.717, 1.165) is 30.0 Å². The molecule has 21 heavy (non-hydrogen) atoms. The molecule has 1 aliphatic heterocycles. The van der Waals surface area contributed by atoms with Gasteiger partial charge in [-0.25, -0.2) is 9.67 Å². The second-order valence-corrected chi connectivity index (χ2v) is 5.05. The Morgan fingerprint density at radius 2 is 2.19 bits per heavy atom. The fraction of sp³-hybridized carbons (Fsp3) is 0.429. The summed E-state index contributed by atoms with van der Waals surface area (Å²) in [4.78, 5) is 17.5. The Kier molecular flexibility index (Phi) is 3.92. The molecule has 0 radical (unpaired) electrons. The maximum atomic E-state index is 10.7. The highest BCUT2D eigenvalue weighted by molar-refractivity contribution is 5.70. The summed E-state index contributed by atoms with van der Waals surface area (Å²) in [5.74, 6) is 0.951. The van der Waals surface area contributed by atoms with E-state index in [1.165, 1.54) is 0 Å². The van der Waals surface area contributed by atoms with Gasteiger partial charge in [-0.15, -0.1) is 5.10 Å². The van der Waals surface area contributed by atoms with Crippen LogP contribution in [0.25, 0.3) is 0 Å². The number of morpholine rings is 1. The summed E-state index contributed by atoms with van der Waals surface area (Å²) < 4.78 is 7.04. The summed E-state index contributed by atoms with van der Waals surface area (Å²) in [7, 11) is 0. The summed E-state index contributed by atoms with van der Waals surface area (Å²) in [5.41, 5.74) is 2.50. The zero-order valence-electron chi connectivity index (χ0n) is 11.9. The largest absolute Gasteiger partial charge is 0.378 e. The van der Waals surface area contributed by atoms with Crippen LogP contribution in [0.1, 0.15) is 21.6 Å². The van der Waals surface area contributed by atoms with Gasteiger partial charge in [-0.2, -0.15) is 0 Å². The van der Waals surface area contributed by atoms with Crippen molar-refractivity contribution < 1.29 is 9.53 Å². The SMILES string of the molecule is Cc1cnc(N2CCOCC2)c(Cn2cc(C=O)nn2)c1. The van der Waals surface area contributed by atoms with Crippen LogP contribution in [0.2, 0.25) is 0 Å². The summed E-state index contributed by atoms with van der Waals surface area (Å²) in [6, 6.07) is 2.10. The lowest BCUT2D eigenvalue weighted by molar-refractivity contribution is 0.111. The molecule has 3 heterocycles. The molecular weight excluding hydrogens is 270 g/mol. The van der Waals surface area contributed by atoms with E-state index in [2.05, 4.69) is 26.3 Å². The van der Waals surface area contributed by atoms with Crippen LogP contribution in [0.4, 0.5) is 5.82 Å². The maximum absolute atomic E-state index is 10.7. The lowest BCUT2D eigenvalue weighted by atomic mass is 10.2. The molecule has 7 heteroatoms. The number of hydrogen-bond donors (Lipinski definition) is 0. The van der Waals surface area contributed by atoms with Gasteiger partial charge in [-0.05, 0) is 18.6 Å². The van der Waals surface area contributed by atoms with Gasteiger partial charge in [0.2, 0.25) is 0 Å². The van der Waals surface area contributed by atoms with Gasteiger partial charge in [0.25, 0.3) is 0 Å². The van der Waals surface area contributed by atoms with Crippen molar-refractivity contribution in [1.82, 2.24) is 20.0 Å². The molecule has 0 aromatic carbocycles. The molecule has 1 aliphatic rings. The molecule has 3 rings (SSSR count). The predicted molar refractivity (Wildman–Crippen MR) is 76.5 cm³/mol. The van der Waals surface area contributed by atoms with E-state index in [4.69, 9.17) is 4.74 Å². The minimum Gasteiger partial charge on any atom is -0.378 e.